The SMILES string of the molecule is CCN(CC)c1cc2cc(OC)c(OC)cc2c(=O)[nH]1. The van der Waals surface area contributed by atoms with Gasteiger partial charge in [0.2, 0.25) is 0 Å². The molecule has 0 bridgehead atoms. The Morgan fingerprint density at radius 3 is 2.20 bits per heavy atom. The monoisotopic (exact) mass is 276 g/mol. The summed E-state index contributed by atoms with van der Waals surface area (Å²) < 4.78 is 10.5. The number of ether oxygens (including phenoxy) is 2. The largest absolute Gasteiger partial charge is 0.493 e. The van der Waals surface area contributed by atoms with Gasteiger partial charge in [-0.3, -0.25) is 4.79 Å². The van der Waals surface area contributed by atoms with E-state index < -0.39 is 0 Å². The van der Waals surface area contributed by atoms with E-state index in [1.54, 1.807) is 20.3 Å². The molecule has 5 heteroatoms. The number of rotatable bonds is 5. The van der Waals surface area contributed by atoms with Crippen molar-refractivity contribution >= 4 is 16.6 Å². The smallest absolute Gasteiger partial charge is 0.257 e. The summed E-state index contributed by atoms with van der Waals surface area (Å²) in [5.74, 6) is 2.00. The topological polar surface area (TPSA) is 54.6 Å². The van der Waals surface area contributed by atoms with Gasteiger partial charge in [-0.15, -0.1) is 0 Å². The number of hydrogen-bond acceptors (Lipinski definition) is 4. The summed E-state index contributed by atoms with van der Waals surface area (Å²) in [6.07, 6.45) is 0. The van der Waals surface area contributed by atoms with Gasteiger partial charge in [-0.2, -0.15) is 0 Å². The zero-order valence-corrected chi connectivity index (χ0v) is 12.3. The minimum Gasteiger partial charge on any atom is -0.493 e. The Kier molecular flexibility index (Phi) is 4.17. The van der Waals surface area contributed by atoms with Crippen molar-refractivity contribution in [3.05, 3.63) is 28.6 Å². The molecular formula is C15H20N2O3. The highest BCUT2D eigenvalue weighted by Crippen LogP contribution is 2.31. The summed E-state index contributed by atoms with van der Waals surface area (Å²) in [5, 5.41) is 1.44. The van der Waals surface area contributed by atoms with Gasteiger partial charge < -0.3 is 19.4 Å². The summed E-state index contributed by atoms with van der Waals surface area (Å²) in [7, 11) is 3.14. The van der Waals surface area contributed by atoms with Crippen LogP contribution in [0.1, 0.15) is 13.8 Å². The fourth-order valence-electron chi connectivity index (χ4n) is 2.31. The molecule has 0 fully saturated rings. The lowest BCUT2D eigenvalue weighted by molar-refractivity contribution is 0.356. The van der Waals surface area contributed by atoms with Gasteiger partial charge in [0, 0.05) is 13.1 Å². The van der Waals surface area contributed by atoms with Crippen LogP contribution in [-0.2, 0) is 0 Å². The molecule has 2 rings (SSSR count). The zero-order chi connectivity index (χ0) is 14.7. The Bertz CT molecular complexity index is 660. The van der Waals surface area contributed by atoms with Gasteiger partial charge in [0.25, 0.3) is 5.56 Å². The van der Waals surface area contributed by atoms with E-state index >= 15 is 0 Å². The molecule has 0 spiro atoms. The molecule has 0 unspecified atom stereocenters. The van der Waals surface area contributed by atoms with Crippen molar-refractivity contribution in [3.8, 4) is 11.5 Å². The fourth-order valence-corrected chi connectivity index (χ4v) is 2.31. The van der Waals surface area contributed by atoms with E-state index in [-0.39, 0.29) is 5.56 Å². The van der Waals surface area contributed by atoms with E-state index in [0.717, 1.165) is 24.3 Å². The fraction of sp³-hybridized carbons (Fsp3) is 0.400. The number of fused-ring (bicyclic) bond motifs is 1. The molecule has 0 saturated carbocycles. The van der Waals surface area contributed by atoms with Crippen LogP contribution in [0.25, 0.3) is 10.8 Å². The van der Waals surface area contributed by atoms with E-state index in [9.17, 15) is 4.79 Å². The highest BCUT2D eigenvalue weighted by molar-refractivity contribution is 5.87. The number of nitrogens with zero attached hydrogens (tertiary/aromatic N) is 1. The lowest BCUT2D eigenvalue weighted by Gasteiger charge is -2.20. The van der Waals surface area contributed by atoms with Crippen molar-refractivity contribution in [2.24, 2.45) is 0 Å². The van der Waals surface area contributed by atoms with Gasteiger partial charge >= 0.3 is 0 Å². The average molecular weight is 276 g/mol. The highest BCUT2D eigenvalue weighted by atomic mass is 16.5. The standard InChI is InChI=1S/C15H20N2O3/c1-5-17(6-2)14-8-10-7-12(19-3)13(20-4)9-11(10)15(18)16-14/h7-9H,5-6H2,1-4H3,(H,16,18). The van der Waals surface area contributed by atoms with Crippen molar-refractivity contribution in [2.75, 3.05) is 32.2 Å². The number of pyridine rings is 1. The van der Waals surface area contributed by atoms with Gasteiger partial charge in [0.1, 0.15) is 5.82 Å². The first kappa shape index (κ1) is 14.2. The second-order valence-electron chi connectivity index (χ2n) is 4.45. The van der Waals surface area contributed by atoms with Crippen molar-refractivity contribution in [1.29, 1.82) is 0 Å². The molecule has 108 valence electrons. The Hall–Kier alpha value is -2.17. The van der Waals surface area contributed by atoms with Crippen molar-refractivity contribution in [2.45, 2.75) is 13.8 Å². The van der Waals surface area contributed by atoms with E-state index in [1.165, 1.54) is 0 Å². The quantitative estimate of drug-likeness (QED) is 0.911. The summed E-state index contributed by atoms with van der Waals surface area (Å²) in [6, 6.07) is 5.50. The normalized spacial score (nSPS) is 10.6. The van der Waals surface area contributed by atoms with Gasteiger partial charge in [-0.1, -0.05) is 0 Å². The summed E-state index contributed by atoms with van der Waals surface area (Å²) in [4.78, 5) is 17.2. The van der Waals surface area contributed by atoms with Gasteiger partial charge in [-0.05, 0) is 37.4 Å². The maximum absolute atomic E-state index is 12.2. The second-order valence-corrected chi connectivity index (χ2v) is 4.45. The molecular weight excluding hydrogens is 256 g/mol. The molecule has 20 heavy (non-hydrogen) atoms. The van der Waals surface area contributed by atoms with Gasteiger partial charge in [-0.25, -0.2) is 0 Å². The summed E-state index contributed by atoms with van der Waals surface area (Å²) in [5.41, 5.74) is -0.120. The number of aromatic nitrogens is 1. The lowest BCUT2D eigenvalue weighted by atomic mass is 10.1. The molecule has 0 atom stereocenters. The third-order valence-electron chi connectivity index (χ3n) is 3.44. The van der Waals surface area contributed by atoms with Crippen LogP contribution in [0.3, 0.4) is 0 Å². The Morgan fingerprint density at radius 2 is 1.65 bits per heavy atom. The second kappa shape index (κ2) is 5.86. The van der Waals surface area contributed by atoms with E-state index in [4.69, 9.17) is 9.47 Å². The average Bonchev–Trinajstić information content (AvgIpc) is 2.47. The number of nitrogens with one attached hydrogen (secondary N) is 1. The molecule has 0 aliphatic heterocycles. The van der Waals surface area contributed by atoms with Gasteiger partial charge in [0.05, 0.1) is 19.6 Å². The minimum absolute atomic E-state index is 0.120. The maximum Gasteiger partial charge on any atom is 0.257 e. The predicted octanol–water partition coefficient (Wildman–Crippen LogP) is 2.39. The van der Waals surface area contributed by atoms with Crippen LogP contribution in [0.5, 0.6) is 11.5 Å². The molecule has 1 N–H and O–H groups in total. The first-order valence-electron chi connectivity index (χ1n) is 6.68. The van der Waals surface area contributed by atoms with Crippen LogP contribution in [-0.4, -0.2) is 32.3 Å². The van der Waals surface area contributed by atoms with E-state index in [2.05, 4.69) is 23.7 Å². The molecule has 2 aromatic rings. The number of aromatic amines is 1. The molecule has 1 heterocycles. The molecule has 0 saturated heterocycles. The van der Waals surface area contributed by atoms with Crippen LogP contribution in [0.4, 0.5) is 5.82 Å². The third kappa shape index (κ3) is 2.43. The third-order valence-corrected chi connectivity index (χ3v) is 3.44. The Morgan fingerprint density at radius 1 is 1.05 bits per heavy atom. The van der Waals surface area contributed by atoms with Crippen molar-refractivity contribution in [3.63, 3.8) is 0 Å². The molecule has 5 nitrogen and oxygen atoms in total. The molecule has 0 aliphatic rings. The van der Waals surface area contributed by atoms with Crippen LogP contribution in [0.15, 0.2) is 23.0 Å². The lowest BCUT2D eigenvalue weighted by Crippen LogP contribution is -2.25. The Balaban J connectivity index is 2.67. The first-order valence-corrected chi connectivity index (χ1v) is 6.68. The van der Waals surface area contributed by atoms with Crippen LogP contribution in [0.2, 0.25) is 0 Å². The van der Waals surface area contributed by atoms with Crippen molar-refractivity contribution < 1.29 is 9.47 Å². The van der Waals surface area contributed by atoms with Crippen LogP contribution in [0, 0.1) is 0 Å². The summed E-state index contributed by atoms with van der Waals surface area (Å²) in [6.45, 7) is 5.79. The highest BCUT2D eigenvalue weighted by Gasteiger charge is 2.11. The van der Waals surface area contributed by atoms with Crippen LogP contribution < -0.4 is 19.9 Å². The number of anilines is 1. The van der Waals surface area contributed by atoms with E-state index in [1.807, 2.05) is 12.1 Å². The van der Waals surface area contributed by atoms with Crippen molar-refractivity contribution in [1.82, 2.24) is 4.98 Å². The number of H-pyrrole nitrogens is 1. The molecule has 0 amide bonds. The number of hydrogen-bond donors (Lipinski definition) is 1. The first-order chi connectivity index (χ1) is 9.64. The molecule has 1 aromatic heterocycles. The van der Waals surface area contributed by atoms with Crippen LogP contribution >= 0.6 is 0 Å². The molecule has 0 radical (unpaired) electrons. The molecule has 1 aromatic carbocycles. The molecule has 0 aliphatic carbocycles. The van der Waals surface area contributed by atoms with E-state index in [0.29, 0.717) is 16.9 Å². The Labute approximate surface area is 118 Å². The summed E-state index contributed by atoms with van der Waals surface area (Å²) >= 11 is 0. The number of methoxy groups -OCH3 is 2. The maximum atomic E-state index is 12.2. The minimum atomic E-state index is -0.120. The zero-order valence-electron chi connectivity index (χ0n) is 12.3. The predicted molar refractivity (Wildman–Crippen MR) is 81.2 cm³/mol. The number of benzene rings is 1. The van der Waals surface area contributed by atoms with Gasteiger partial charge in [0.15, 0.2) is 11.5 Å².